The number of carbonyl (C=O) groups excluding carboxylic acids is 2. The van der Waals surface area contributed by atoms with Gasteiger partial charge in [0.1, 0.15) is 5.75 Å². The van der Waals surface area contributed by atoms with Crippen LogP contribution in [0.1, 0.15) is 26.3 Å². The third-order valence-electron chi connectivity index (χ3n) is 3.92. The Bertz CT molecular complexity index is 896. The minimum absolute atomic E-state index is 0.376. The summed E-state index contributed by atoms with van der Waals surface area (Å²) in [6.07, 6.45) is 0.782. The summed E-state index contributed by atoms with van der Waals surface area (Å²) in [6, 6.07) is 25.6. The van der Waals surface area contributed by atoms with Gasteiger partial charge in [0, 0.05) is 17.5 Å². The third kappa shape index (κ3) is 5.44. The van der Waals surface area contributed by atoms with Crippen molar-refractivity contribution in [3.63, 3.8) is 0 Å². The zero-order valence-electron chi connectivity index (χ0n) is 14.7. The lowest BCUT2D eigenvalue weighted by atomic mass is 10.2. The van der Waals surface area contributed by atoms with E-state index in [0.717, 1.165) is 6.42 Å². The fourth-order valence-electron chi connectivity index (χ4n) is 2.51. The van der Waals surface area contributed by atoms with Crippen molar-refractivity contribution in [2.75, 3.05) is 6.61 Å². The molecule has 0 bridgehead atoms. The number of benzene rings is 3. The lowest BCUT2D eigenvalue weighted by Crippen LogP contribution is -2.41. The summed E-state index contributed by atoms with van der Waals surface area (Å²) in [5.74, 6) is -0.181. The fraction of sp³-hybridized carbons (Fsp3) is 0.0909. The molecule has 0 radical (unpaired) electrons. The second-order valence-electron chi connectivity index (χ2n) is 5.89. The number of amides is 2. The van der Waals surface area contributed by atoms with Crippen LogP contribution in [0.3, 0.4) is 0 Å². The van der Waals surface area contributed by atoms with E-state index in [4.69, 9.17) is 4.74 Å². The highest BCUT2D eigenvalue weighted by Crippen LogP contribution is 2.14. The quantitative estimate of drug-likeness (QED) is 0.662. The van der Waals surface area contributed by atoms with Gasteiger partial charge in [-0.05, 0) is 35.9 Å². The van der Waals surface area contributed by atoms with Gasteiger partial charge in [-0.15, -0.1) is 0 Å². The Kier molecular flexibility index (Phi) is 6.20. The van der Waals surface area contributed by atoms with Crippen LogP contribution in [0.15, 0.2) is 84.9 Å². The van der Waals surface area contributed by atoms with Crippen molar-refractivity contribution in [2.45, 2.75) is 6.42 Å². The number of carbonyl (C=O) groups is 2. The summed E-state index contributed by atoms with van der Waals surface area (Å²) in [5, 5.41) is 0. The van der Waals surface area contributed by atoms with Gasteiger partial charge in [0.2, 0.25) is 0 Å². The highest BCUT2D eigenvalue weighted by molar-refractivity contribution is 5.99. The second kappa shape index (κ2) is 9.20. The molecule has 5 nitrogen and oxygen atoms in total. The molecule has 0 unspecified atom stereocenters. The van der Waals surface area contributed by atoms with Crippen molar-refractivity contribution in [1.29, 1.82) is 0 Å². The molecule has 0 saturated heterocycles. The molecule has 27 heavy (non-hydrogen) atoms. The Morgan fingerprint density at radius 1 is 0.704 bits per heavy atom. The van der Waals surface area contributed by atoms with E-state index in [9.17, 15) is 9.59 Å². The predicted octanol–water partition coefficient (Wildman–Crippen LogP) is 3.38. The molecule has 2 N–H and O–H groups in total. The summed E-state index contributed by atoms with van der Waals surface area (Å²) < 4.78 is 5.73. The number of hydrazine groups is 1. The fourth-order valence-corrected chi connectivity index (χ4v) is 2.51. The van der Waals surface area contributed by atoms with E-state index in [0.29, 0.717) is 23.5 Å². The minimum Gasteiger partial charge on any atom is -0.493 e. The van der Waals surface area contributed by atoms with Crippen molar-refractivity contribution in [3.05, 3.63) is 102 Å². The van der Waals surface area contributed by atoms with Crippen molar-refractivity contribution in [2.24, 2.45) is 0 Å². The average Bonchev–Trinajstić information content (AvgIpc) is 2.73. The molecule has 0 spiro atoms. The maximum atomic E-state index is 12.2. The van der Waals surface area contributed by atoms with Crippen LogP contribution in [-0.4, -0.2) is 18.4 Å². The Labute approximate surface area is 158 Å². The molecule has 3 aromatic carbocycles. The van der Waals surface area contributed by atoms with Crippen LogP contribution < -0.4 is 15.6 Å². The Morgan fingerprint density at radius 2 is 1.30 bits per heavy atom. The summed E-state index contributed by atoms with van der Waals surface area (Å²) in [7, 11) is 0. The van der Waals surface area contributed by atoms with Gasteiger partial charge in [-0.2, -0.15) is 0 Å². The first-order chi connectivity index (χ1) is 13.2. The molecule has 0 aliphatic heterocycles. The van der Waals surface area contributed by atoms with Crippen molar-refractivity contribution < 1.29 is 14.3 Å². The summed E-state index contributed by atoms with van der Waals surface area (Å²) in [6.45, 7) is 0.514. The largest absolute Gasteiger partial charge is 0.493 e. The number of rotatable bonds is 6. The zero-order valence-corrected chi connectivity index (χ0v) is 14.7. The first-order valence-corrected chi connectivity index (χ1v) is 8.65. The van der Waals surface area contributed by atoms with E-state index in [1.54, 1.807) is 48.5 Å². The summed E-state index contributed by atoms with van der Waals surface area (Å²) in [4.78, 5) is 24.2. The van der Waals surface area contributed by atoms with E-state index in [-0.39, 0.29) is 5.91 Å². The van der Waals surface area contributed by atoms with Crippen LogP contribution >= 0.6 is 0 Å². The van der Waals surface area contributed by atoms with Crippen LogP contribution in [0, 0.1) is 0 Å². The van der Waals surface area contributed by atoms with Crippen molar-refractivity contribution >= 4 is 11.8 Å². The third-order valence-corrected chi connectivity index (χ3v) is 3.92. The normalized spacial score (nSPS) is 10.1. The Balaban J connectivity index is 1.51. The predicted molar refractivity (Wildman–Crippen MR) is 103 cm³/mol. The maximum Gasteiger partial charge on any atom is 0.269 e. The van der Waals surface area contributed by atoms with Gasteiger partial charge in [0.25, 0.3) is 11.8 Å². The molecule has 5 heteroatoms. The van der Waals surface area contributed by atoms with E-state index in [1.165, 1.54) is 5.56 Å². The molecular weight excluding hydrogens is 340 g/mol. The minimum atomic E-state index is -0.409. The molecule has 0 aliphatic carbocycles. The van der Waals surface area contributed by atoms with Gasteiger partial charge in [-0.25, -0.2) is 0 Å². The molecule has 0 atom stereocenters. The summed E-state index contributed by atoms with van der Waals surface area (Å²) in [5.41, 5.74) is 6.88. The van der Waals surface area contributed by atoms with Crippen LogP contribution in [0.2, 0.25) is 0 Å². The molecule has 3 rings (SSSR count). The van der Waals surface area contributed by atoms with Gasteiger partial charge in [0.05, 0.1) is 6.61 Å². The standard InChI is InChI=1S/C22H20N2O3/c25-21(18-10-5-2-6-11-18)23-24-22(26)19-12-7-13-20(16-19)27-15-14-17-8-3-1-4-9-17/h1-13,16H,14-15H2,(H,23,25)(H,24,26). The topological polar surface area (TPSA) is 67.4 Å². The average molecular weight is 360 g/mol. The van der Waals surface area contributed by atoms with Gasteiger partial charge in [-0.1, -0.05) is 54.6 Å². The molecule has 0 saturated carbocycles. The summed E-state index contributed by atoms with van der Waals surface area (Å²) >= 11 is 0. The smallest absolute Gasteiger partial charge is 0.269 e. The Hall–Kier alpha value is -3.60. The van der Waals surface area contributed by atoms with Crippen molar-refractivity contribution in [3.8, 4) is 5.75 Å². The second-order valence-corrected chi connectivity index (χ2v) is 5.89. The van der Waals surface area contributed by atoms with Gasteiger partial charge in [0.15, 0.2) is 0 Å². The molecular formula is C22H20N2O3. The SMILES string of the molecule is O=C(NNC(=O)c1cccc(OCCc2ccccc2)c1)c1ccccc1. The van der Waals surface area contributed by atoms with Crippen LogP contribution in [0.25, 0.3) is 0 Å². The molecule has 0 fully saturated rings. The van der Waals surface area contributed by atoms with E-state index >= 15 is 0 Å². The monoisotopic (exact) mass is 360 g/mol. The van der Waals surface area contributed by atoms with E-state index < -0.39 is 5.91 Å². The van der Waals surface area contributed by atoms with Crippen molar-refractivity contribution in [1.82, 2.24) is 10.9 Å². The van der Waals surface area contributed by atoms with Crippen LogP contribution in [0.5, 0.6) is 5.75 Å². The molecule has 0 aromatic heterocycles. The zero-order chi connectivity index (χ0) is 18.9. The van der Waals surface area contributed by atoms with E-state index in [2.05, 4.69) is 10.9 Å². The van der Waals surface area contributed by atoms with Gasteiger partial charge < -0.3 is 4.74 Å². The Morgan fingerprint density at radius 3 is 2.00 bits per heavy atom. The highest BCUT2D eigenvalue weighted by atomic mass is 16.5. The van der Waals surface area contributed by atoms with E-state index in [1.807, 2.05) is 36.4 Å². The highest BCUT2D eigenvalue weighted by Gasteiger charge is 2.09. The number of hydrogen-bond acceptors (Lipinski definition) is 3. The molecule has 2 amide bonds. The molecule has 0 aliphatic rings. The van der Waals surface area contributed by atoms with Crippen LogP contribution in [-0.2, 0) is 6.42 Å². The number of ether oxygens (including phenoxy) is 1. The molecule has 136 valence electrons. The molecule has 0 heterocycles. The number of hydrogen-bond donors (Lipinski definition) is 2. The van der Waals surface area contributed by atoms with Crippen LogP contribution in [0.4, 0.5) is 0 Å². The van der Waals surface area contributed by atoms with Gasteiger partial charge in [-0.3, -0.25) is 20.4 Å². The van der Waals surface area contributed by atoms with Gasteiger partial charge >= 0.3 is 0 Å². The number of nitrogens with one attached hydrogen (secondary N) is 2. The first-order valence-electron chi connectivity index (χ1n) is 8.65. The lowest BCUT2D eigenvalue weighted by molar-refractivity contribution is 0.0846. The first kappa shape index (κ1) is 18.2. The maximum absolute atomic E-state index is 12.2. The molecule has 3 aromatic rings. The lowest BCUT2D eigenvalue weighted by Gasteiger charge is -2.10.